The predicted molar refractivity (Wildman–Crippen MR) is 441 cm³/mol. The number of ether oxygens (including phenoxy) is 2. The van der Waals surface area contributed by atoms with Gasteiger partial charge in [0.15, 0.2) is 6.10 Å². The van der Waals surface area contributed by atoms with Crippen molar-refractivity contribution in [1.29, 1.82) is 0 Å². The lowest BCUT2D eigenvalue weighted by Crippen LogP contribution is -2.29. The van der Waals surface area contributed by atoms with E-state index in [1.165, 1.54) is 321 Å². The van der Waals surface area contributed by atoms with Gasteiger partial charge >= 0.3 is 19.8 Å². The third-order valence-corrected chi connectivity index (χ3v) is 20.4. The van der Waals surface area contributed by atoms with Crippen molar-refractivity contribution in [2.45, 2.75) is 444 Å². The van der Waals surface area contributed by atoms with Crippen molar-refractivity contribution in [2.75, 3.05) is 26.4 Å². The number of hydrogen-bond donors (Lipinski definition) is 2. The van der Waals surface area contributed by atoms with E-state index in [0.29, 0.717) is 6.42 Å². The Labute approximate surface area is 627 Å². The van der Waals surface area contributed by atoms with Crippen molar-refractivity contribution in [3.63, 3.8) is 0 Å². The van der Waals surface area contributed by atoms with Crippen LogP contribution >= 0.6 is 7.82 Å². The fraction of sp³-hybridized carbons (Fsp3) is 0.802. The van der Waals surface area contributed by atoms with Crippen LogP contribution in [0.3, 0.4) is 0 Å². The molecule has 3 N–H and O–H groups in total. The molecule has 0 bridgehead atoms. The van der Waals surface area contributed by atoms with Crippen LogP contribution in [0.2, 0.25) is 0 Å². The van der Waals surface area contributed by atoms with Gasteiger partial charge in [0.1, 0.15) is 6.61 Å². The monoisotopic (exact) mass is 1430 g/mol. The van der Waals surface area contributed by atoms with Crippen molar-refractivity contribution < 1.29 is 37.6 Å². The lowest BCUT2D eigenvalue weighted by atomic mass is 10.0. The number of allylic oxidation sites excluding steroid dienone is 16. The third kappa shape index (κ3) is 85.7. The van der Waals surface area contributed by atoms with E-state index < -0.39 is 26.5 Å². The summed E-state index contributed by atoms with van der Waals surface area (Å²) in [6, 6.07) is 0. The van der Waals surface area contributed by atoms with Crippen LogP contribution in [-0.4, -0.2) is 49.3 Å². The molecule has 0 aromatic carbocycles. The molecule has 0 aliphatic carbocycles. The number of carbonyl (C=O) groups excluding carboxylic acids is 2. The summed E-state index contributed by atoms with van der Waals surface area (Å²) in [5, 5.41) is 0. The van der Waals surface area contributed by atoms with Gasteiger partial charge < -0.3 is 20.1 Å². The number of phosphoric ester groups is 1. The van der Waals surface area contributed by atoms with Crippen molar-refractivity contribution in [3.05, 3.63) is 97.2 Å². The highest BCUT2D eigenvalue weighted by atomic mass is 31.2. The smallest absolute Gasteiger partial charge is 0.462 e. The van der Waals surface area contributed by atoms with E-state index in [4.69, 9.17) is 24.3 Å². The van der Waals surface area contributed by atoms with Crippen LogP contribution in [0.25, 0.3) is 0 Å². The molecule has 588 valence electrons. The first-order valence-corrected chi connectivity index (χ1v) is 45.2. The van der Waals surface area contributed by atoms with E-state index in [1.54, 1.807) is 0 Å². The van der Waals surface area contributed by atoms with Crippen molar-refractivity contribution in [2.24, 2.45) is 5.73 Å². The Hall–Kier alpha value is -3.07. The maximum absolute atomic E-state index is 12.8. The Balaban J connectivity index is 3.74. The molecule has 0 aromatic rings. The molecule has 2 unspecified atom stereocenters. The van der Waals surface area contributed by atoms with Crippen LogP contribution in [0.4, 0.5) is 0 Å². The molecule has 0 aliphatic heterocycles. The maximum Gasteiger partial charge on any atom is 0.472 e. The van der Waals surface area contributed by atoms with Crippen LogP contribution in [0.5, 0.6) is 0 Å². The van der Waals surface area contributed by atoms with Gasteiger partial charge in [0.25, 0.3) is 0 Å². The molecule has 0 spiro atoms. The minimum atomic E-state index is -4.40. The molecule has 0 saturated carbocycles. The molecule has 9 nitrogen and oxygen atoms in total. The van der Waals surface area contributed by atoms with Gasteiger partial charge in [0, 0.05) is 19.4 Å². The fourth-order valence-electron chi connectivity index (χ4n) is 13.0. The van der Waals surface area contributed by atoms with Crippen LogP contribution < -0.4 is 5.73 Å². The maximum atomic E-state index is 12.8. The Kier molecular flexibility index (Phi) is 83.2. The second-order valence-corrected chi connectivity index (χ2v) is 30.8. The van der Waals surface area contributed by atoms with Gasteiger partial charge in [0.05, 0.1) is 13.2 Å². The first-order valence-electron chi connectivity index (χ1n) is 43.7. The van der Waals surface area contributed by atoms with E-state index >= 15 is 0 Å². The summed E-state index contributed by atoms with van der Waals surface area (Å²) < 4.78 is 33.3. The number of esters is 2. The fourth-order valence-corrected chi connectivity index (χ4v) is 13.8. The summed E-state index contributed by atoms with van der Waals surface area (Å²) in [6.45, 7) is 3.70. The molecular formula is C91H166NO8P. The normalized spacial score (nSPS) is 13.3. The second-order valence-electron chi connectivity index (χ2n) is 29.4. The second kappa shape index (κ2) is 85.9. The standard InChI is InChI=1S/C91H166NO8P/c1-3-5-7-9-11-13-15-17-19-21-23-25-27-29-31-33-35-37-39-41-43-44-46-48-50-52-54-56-58-60-62-64-66-68-70-72-74-76-78-80-82-84-91(94)100-89(88-99-101(95,96)98-86-85-92)87-97-90(93)83-81-79-77-75-73-71-69-67-65-63-61-59-57-55-53-51-49-47-45-42-40-38-36-34-32-30-28-26-24-22-20-18-16-14-12-10-8-6-4-2/h5,7,11,13,17,19,22-25,29,31,35,37,41,43,89H,3-4,6,8-10,12,14-16,18,20-21,26-28,30,32-34,36,38-40,42,44-88,92H2,1-2H3,(H,95,96)/b7-5-,13-11-,19-17-,24-22-,25-23-,31-29-,37-35-,43-41-. The predicted octanol–water partition coefficient (Wildman–Crippen LogP) is 29.8. The zero-order chi connectivity index (χ0) is 72.9. The van der Waals surface area contributed by atoms with E-state index in [0.717, 1.165) is 83.5 Å². The number of hydrogen-bond acceptors (Lipinski definition) is 8. The Morgan fingerprint density at radius 2 is 0.545 bits per heavy atom. The Morgan fingerprint density at radius 3 is 0.822 bits per heavy atom. The minimum absolute atomic E-state index is 0.0539. The third-order valence-electron chi connectivity index (χ3n) is 19.5. The van der Waals surface area contributed by atoms with Gasteiger partial charge in [0.2, 0.25) is 0 Å². The molecule has 101 heavy (non-hydrogen) atoms. The summed E-state index contributed by atoms with van der Waals surface area (Å²) in [7, 11) is -4.40. The lowest BCUT2D eigenvalue weighted by molar-refractivity contribution is -0.161. The molecule has 10 heteroatoms. The number of rotatable bonds is 83. The summed E-state index contributed by atoms with van der Waals surface area (Å²) in [5.74, 6) is -0.806. The molecule has 0 heterocycles. The van der Waals surface area contributed by atoms with E-state index in [-0.39, 0.29) is 38.6 Å². The van der Waals surface area contributed by atoms with Gasteiger partial charge in [-0.05, 0) is 96.3 Å². The highest BCUT2D eigenvalue weighted by molar-refractivity contribution is 7.47. The van der Waals surface area contributed by atoms with E-state index in [2.05, 4.69) is 111 Å². The molecule has 2 atom stereocenters. The average Bonchev–Trinajstić information content (AvgIpc) is 1.04. The number of carbonyl (C=O) groups is 2. The van der Waals surface area contributed by atoms with Gasteiger partial charge in [-0.2, -0.15) is 0 Å². The lowest BCUT2D eigenvalue weighted by Gasteiger charge is -2.19. The first kappa shape index (κ1) is 97.9. The van der Waals surface area contributed by atoms with Crippen LogP contribution in [-0.2, 0) is 32.7 Å². The molecule has 0 aliphatic rings. The molecule has 0 amide bonds. The Morgan fingerprint density at radius 1 is 0.307 bits per heavy atom. The summed E-state index contributed by atoms with van der Waals surface area (Å²) >= 11 is 0. The molecule has 0 radical (unpaired) electrons. The molecule has 0 saturated heterocycles. The summed E-state index contributed by atoms with van der Waals surface area (Å²) in [5.41, 5.74) is 5.42. The zero-order valence-electron chi connectivity index (χ0n) is 66.6. The molecular weight excluding hydrogens is 1270 g/mol. The van der Waals surface area contributed by atoms with Crippen LogP contribution in [0.15, 0.2) is 97.2 Å². The van der Waals surface area contributed by atoms with Crippen LogP contribution in [0, 0.1) is 0 Å². The van der Waals surface area contributed by atoms with Crippen molar-refractivity contribution in [3.8, 4) is 0 Å². The number of nitrogens with two attached hydrogens (primary N) is 1. The summed E-state index contributed by atoms with van der Waals surface area (Å²) in [6.07, 6.45) is 119. The first-order chi connectivity index (χ1) is 49.8. The molecule has 0 fully saturated rings. The van der Waals surface area contributed by atoms with Gasteiger partial charge in [-0.15, -0.1) is 0 Å². The molecule has 0 aromatic heterocycles. The van der Waals surface area contributed by atoms with E-state index in [9.17, 15) is 19.0 Å². The Bertz CT molecular complexity index is 1990. The van der Waals surface area contributed by atoms with Crippen LogP contribution in [0.1, 0.15) is 438 Å². The van der Waals surface area contributed by atoms with Gasteiger partial charge in [-0.3, -0.25) is 18.6 Å². The van der Waals surface area contributed by atoms with E-state index in [1.807, 2.05) is 0 Å². The van der Waals surface area contributed by atoms with Gasteiger partial charge in [-0.25, -0.2) is 4.57 Å². The minimum Gasteiger partial charge on any atom is -0.462 e. The van der Waals surface area contributed by atoms with Crippen molar-refractivity contribution in [1.82, 2.24) is 0 Å². The number of phosphoric acid groups is 1. The van der Waals surface area contributed by atoms with Crippen molar-refractivity contribution >= 4 is 19.8 Å². The SMILES string of the molecule is CC/C=C\C/C=C\C/C=C\C/C=C\C/C=C\C/C=C\C/C=C\CCCCCCCCCCCCCCCCCCCCCC(=O)OC(COC(=O)CCCCCCCCCCCCCCCCCCCCCCCCCCCCC/C=C\CCCCCCCCCC)COP(=O)(O)OCCN. The molecule has 0 rings (SSSR count). The largest absolute Gasteiger partial charge is 0.472 e. The average molecular weight is 1430 g/mol. The topological polar surface area (TPSA) is 134 Å². The highest BCUT2D eigenvalue weighted by Crippen LogP contribution is 2.43. The highest BCUT2D eigenvalue weighted by Gasteiger charge is 2.26. The zero-order valence-corrected chi connectivity index (χ0v) is 67.5. The van der Waals surface area contributed by atoms with Gasteiger partial charge in [-0.1, -0.05) is 426 Å². The number of unbranched alkanes of at least 4 members (excludes halogenated alkanes) is 54. The quantitative estimate of drug-likeness (QED) is 0.0264. The summed E-state index contributed by atoms with van der Waals surface area (Å²) in [4.78, 5) is 35.5.